The van der Waals surface area contributed by atoms with Crippen LogP contribution in [0.5, 0.6) is 5.75 Å². The highest BCUT2D eigenvalue weighted by Crippen LogP contribution is 2.21. The van der Waals surface area contributed by atoms with E-state index in [9.17, 15) is 0 Å². The van der Waals surface area contributed by atoms with Crippen molar-refractivity contribution in [2.24, 2.45) is 0 Å². The molecule has 0 aromatic heterocycles. The second-order valence-corrected chi connectivity index (χ2v) is 7.12. The molecule has 1 saturated heterocycles. The smallest absolute Gasteiger partial charge is 0.121 e. The van der Waals surface area contributed by atoms with Gasteiger partial charge in [0.05, 0.1) is 7.11 Å². The minimum absolute atomic E-state index is 0.304. The van der Waals surface area contributed by atoms with Crippen molar-refractivity contribution >= 4 is 0 Å². The molecule has 118 valence electrons. The fourth-order valence-corrected chi connectivity index (χ4v) is 3.07. The lowest BCUT2D eigenvalue weighted by Crippen LogP contribution is -2.49. The summed E-state index contributed by atoms with van der Waals surface area (Å²) in [4.78, 5) is 2.59. The van der Waals surface area contributed by atoms with E-state index < -0.39 is 0 Å². The summed E-state index contributed by atoms with van der Waals surface area (Å²) < 4.78 is 5.31. The quantitative estimate of drug-likeness (QED) is 0.920. The monoisotopic (exact) mass is 290 g/mol. The molecule has 1 aromatic carbocycles. The lowest BCUT2D eigenvalue weighted by molar-refractivity contribution is 0.0960. The zero-order valence-electron chi connectivity index (χ0n) is 14.2. The van der Waals surface area contributed by atoms with E-state index in [1.54, 1.807) is 7.11 Å². The van der Waals surface area contributed by atoms with E-state index in [4.69, 9.17) is 4.74 Å². The summed E-state index contributed by atoms with van der Waals surface area (Å²) in [5, 5.41) is 3.71. The van der Waals surface area contributed by atoms with Gasteiger partial charge in [-0.3, -0.25) is 4.90 Å². The Labute approximate surface area is 129 Å². The predicted octanol–water partition coefficient (Wildman–Crippen LogP) is 3.36. The molecule has 0 spiro atoms. The molecule has 1 aliphatic rings. The SMILES string of the molecule is COc1ccc(CNC2CCN(C(C)(C)C)CC2)cc1C. The molecule has 0 saturated carbocycles. The summed E-state index contributed by atoms with van der Waals surface area (Å²) in [7, 11) is 1.73. The molecular weight excluding hydrogens is 260 g/mol. The molecular formula is C18H30N2O. The van der Waals surface area contributed by atoms with Gasteiger partial charge in [0.25, 0.3) is 0 Å². The maximum Gasteiger partial charge on any atom is 0.121 e. The van der Waals surface area contributed by atoms with Crippen molar-refractivity contribution in [2.45, 2.75) is 58.7 Å². The third-order valence-electron chi connectivity index (χ3n) is 4.50. The van der Waals surface area contributed by atoms with Gasteiger partial charge >= 0.3 is 0 Å². The summed E-state index contributed by atoms with van der Waals surface area (Å²) in [6, 6.07) is 7.08. The lowest BCUT2D eigenvalue weighted by atomic mass is 9.98. The summed E-state index contributed by atoms with van der Waals surface area (Å²) in [6.07, 6.45) is 2.48. The van der Waals surface area contributed by atoms with E-state index in [-0.39, 0.29) is 0 Å². The number of nitrogens with one attached hydrogen (secondary N) is 1. The maximum atomic E-state index is 5.31. The fourth-order valence-electron chi connectivity index (χ4n) is 3.07. The molecule has 1 heterocycles. The number of ether oxygens (including phenoxy) is 1. The van der Waals surface area contributed by atoms with Crippen LogP contribution in [0.15, 0.2) is 18.2 Å². The minimum atomic E-state index is 0.304. The fraction of sp³-hybridized carbons (Fsp3) is 0.667. The van der Waals surface area contributed by atoms with Gasteiger partial charge in [-0.2, -0.15) is 0 Å². The molecule has 3 heteroatoms. The van der Waals surface area contributed by atoms with Gasteiger partial charge in [0, 0.05) is 31.2 Å². The first-order chi connectivity index (χ1) is 9.90. The van der Waals surface area contributed by atoms with Crippen LogP contribution in [0.4, 0.5) is 0 Å². The van der Waals surface area contributed by atoms with Crippen LogP contribution < -0.4 is 10.1 Å². The Balaban J connectivity index is 1.81. The van der Waals surface area contributed by atoms with E-state index in [0.29, 0.717) is 11.6 Å². The number of likely N-dealkylation sites (tertiary alicyclic amines) is 1. The van der Waals surface area contributed by atoms with Gasteiger partial charge in [0.2, 0.25) is 0 Å². The van der Waals surface area contributed by atoms with E-state index in [0.717, 1.165) is 12.3 Å². The summed E-state index contributed by atoms with van der Waals surface area (Å²) in [5.74, 6) is 0.970. The Morgan fingerprint density at radius 3 is 2.43 bits per heavy atom. The number of piperidine rings is 1. The second-order valence-electron chi connectivity index (χ2n) is 7.12. The topological polar surface area (TPSA) is 24.5 Å². The molecule has 1 fully saturated rings. The van der Waals surface area contributed by atoms with Crippen LogP contribution in [0, 0.1) is 6.92 Å². The number of hydrogen-bond donors (Lipinski definition) is 1. The Morgan fingerprint density at radius 2 is 1.90 bits per heavy atom. The number of benzene rings is 1. The number of rotatable bonds is 4. The van der Waals surface area contributed by atoms with Gasteiger partial charge in [-0.05, 0) is 57.7 Å². The minimum Gasteiger partial charge on any atom is -0.496 e. The van der Waals surface area contributed by atoms with Crippen molar-refractivity contribution in [2.75, 3.05) is 20.2 Å². The molecule has 3 nitrogen and oxygen atoms in total. The normalized spacial score (nSPS) is 18.0. The number of aryl methyl sites for hydroxylation is 1. The zero-order valence-corrected chi connectivity index (χ0v) is 14.2. The molecule has 0 radical (unpaired) electrons. The van der Waals surface area contributed by atoms with E-state index in [2.05, 4.69) is 56.1 Å². The molecule has 2 rings (SSSR count). The van der Waals surface area contributed by atoms with Crippen molar-refractivity contribution in [1.82, 2.24) is 10.2 Å². The van der Waals surface area contributed by atoms with Gasteiger partial charge in [0.1, 0.15) is 5.75 Å². The van der Waals surface area contributed by atoms with Gasteiger partial charge in [-0.15, -0.1) is 0 Å². The number of hydrogen-bond acceptors (Lipinski definition) is 3. The van der Waals surface area contributed by atoms with Crippen LogP contribution in [0.2, 0.25) is 0 Å². The maximum absolute atomic E-state index is 5.31. The zero-order chi connectivity index (χ0) is 15.5. The molecule has 1 N–H and O–H groups in total. The van der Waals surface area contributed by atoms with Crippen molar-refractivity contribution in [1.29, 1.82) is 0 Å². The van der Waals surface area contributed by atoms with Gasteiger partial charge in [-0.1, -0.05) is 12.1 Å². The summed E-state index contributed by atoms with van der Waals surface area (Å²) in [5.41, 5.74) is 2.85. The van der Waals surface area contributed by atoms with Crippen LogP contribution in [-0.2, 0) is 6.54 Å². The van der Waals surface area contributed by atoms with Crippen LogP contribution in [0.25, 0.3) is 0 Å². The van der Waals surface area contributed by atoms with Crippen LogP contribution in [0.3, 0.4) is 0 Å². The third-order valence-corrected chi connectivity index (χ3v) is 4.50. The molecule has 1 aliphatic heterocycles. The first-order valence-electron chi connectivity index (χ1n) is 8.02. The highest BCUT2D eigenvalue weighted by atomic mass is 16.5. The van der Waals surface area contributed by atoms with Crippen molar-refractivity contribution in [3.63, 3.8) is 0 Å². The Morgan fingerprint density at radius 1 is 1.24 bits per heavy atom. The van der Waals surface area contributed by atoms with Gasteiger partial charge < -0.3 is 10.1 Å². The highest BCUT2D eigenvalue weighted by molar-refractivity contribution is 5.36. The standard InChI is InChI=1S/C18H30N2O/c1-14-12-15(6-7-17(14)21-5)13-19-16-8-10-20(11-9-16)18(2,3)4/h6-7,12,16,19H,8-11,13H2,1-5H3. The molecule has 1 aromatic rings. The third kappa shape index (κ3) is 4.45. The van der Waals surface area contributed by atoms with Crippen LogP contribution in [-0.4, -0.2) is 36.7 Å². The second kappa shape index (κ2) is 6.80. The molecule has 0 amide bonds. The average molecular weight is 290 g/mol. The number of methoxy groups -OCH3 is 1. The van der Waals surface area contributed by atoms with E-state index >= 15 is 0 Å². The van der Waals surface area contributed by atoms with E-state index in [1.807, 2.05) is 0 Å². The Kier molecular flexibility index (Phi) is 5.28. The first-order valence-corrected chi connectivity index (χ1v) is 8.02. The van der Waals surface area contributed by atoms with Crippen molar-refractivity contribution < 1.29 is 4.74 Å². The van der Waals surface area contributed by atoms with Crippen molar-refractivity contribution in [3.8, 4) is 5.75 Å². The predicted molar refractivity (Wildman–Crippen MR) is 88.9 cm³/mol. The van der Waals surface area contributed by atoms with Crippen molar-refractivity contribution in [3.05, 3.63) is 29.3 Å². The van der Waals surface area contributed by atoms with Gasteiger partial charge in [0.15, 0.2) is 0 Å². The Bertz CT molecular complexity index is 457. The average Bonchev–Trinajstić information content (AvgIpc) is 2.45. The molecule has 21 heavy (non-hydrogen) atoms. The Hall–Kier alpha value is -1.06. The van der Waals surface area contributed by atoms with Crippen LogP contribution >= 0.6 is 0 Å². The first kappa shape index (κ1) is 16.3. The van der Waals surface area contributed by atoms with Crippen LogP contribution in [0.1, 0.15) is 44.7 Å². The summed E-state index contributed by atoms with van der Waals surface area (Å²) >= 11 is 0. The molecule has 0 unspecified atom stereocenters. The molecule has 0 aliphatic carbocycles. The molecule has 0 atom stereocenters. The van der Waals surface area contributed by atoms with E-state index in [1.165, 1.54) is 37.1 Å². The largest absolute Gasteiger partial charge is 0.496 e. The number of nitrogens with zero attached hydrogens (tertiary/aromatic N) is 1. The lowest BCUT2D eigenvalue weighted by Gasteiger charge is -2.41. The summed E-state index contributed by atoms with van der Waals surface area (Å²) in [6.45, 7) is 12.4. The highest BCUT2D eigenvalue weighted by Gasteiger charge is 2.26. The molecule has 0 bridgehead atoms. The van der Waals surface area contributed by atoms with Gasteiger partial charge in [-0.25, -0.2) is 0 Å².